The van der Waals surface area contributed by atoms with Gasteiger partial charge in [-0.3, -0.25) is 4.79 Å². The zero-order chi connectivity index (χ0) is 14.5. The molecule has 1 unspecified atom stereocenters. The Morgan fingerprint density at radius 1 is 1.37 bits per heavy atom. The first-order chi connectivity index (χ1) is 8.89. The van der Waals surface area contributed by atoms with Gasteiger partial charge in [-0.25, -0.2) is 13.1 Å². The molecule has 7 heteroatoms. The number of hydrogen-bond acceptors (Lipinski definition) is 4. The summed E-state index contributed by atoms with van der Waals surface area (Å²) in [6.45, 7) is 1.80. The minimum atomic E-state index is -3.62. The molecule has 0 aliphatic carbocycles. The molecule has 0 radical (unpaired) electrons. The molecule has 0 amide bonds. The molecule has 19 heavy (non-hydrogen) atoms. The minimum absolute atomic E-state index is 0.0166. The van der Waals surface area contributed by atoms with Gasteiger partial charge in [-0.2, -0.15) is 0 Å². The average molecular weight is 350 g/mol. The Kier molecular flexibility index (Phi) is 5.96. The van der Waals surface area contributed by atoms with E-state index in [2.05, 4.69) is 25.4 Å². The largest absolute Gasteiger partial charge is 0.469 e. The predicted molar refractivity (Wildman–Crippen MR) is 75.2 cm³/mol. The number of esters is 1. The zero-order valence-corrected chi connectivity index (χ0v) is 13.1. The predicted octanol–water partition coefficient (Wildman–Crippen LogP) is 2.07. The van der Waals surface area contributed by atoms with Crippen LogP contribution in [0.15, 0.2) is 33.6 Å². The van der Waals surface area contributed by atoms with E-state index >= 15 is 0 Å². The van der Waals surface area contributed by atoms with Gasteiger partial charge in [-0.1, -0.05) is 22.9 Å². The third kappa shape index (κ3) is 4.93. The van der Waals surface area contributed by atoms with Crippen LogP contribution in [0.4, 0.5) is 0 Å². The minimum Gasteiger partial charge on any atom is -0.469 e. The Balaban J connectivity index is 2.83. The highest BCUT2D eigenvalue weighted by molar-refractivity contribution is 9.10. The van der Waals surface area contributed by atoms with Crippen LogP contribution in [0.3, 0.4) is 0 Å². The summed E-state index contributed by atoms with van der Waals surface area (Å²) < 4.78 is 32.0. The number of ether oxygens (including phenoxy) is 1. The van der Waals surface area contributed by atoms with Crippen molar-refractivity contribution in [2.24, 2.45) is 0 Å². The molecular formula is C12H16BrNO4S. The number of carbonyl (C=O) groups is 1. The molecule has 106 valence electrons. The molecular weight excluding hydrogens is 334 g/mol. The van der Waals surface area contributed by atoms with E-state index in [9.17, 15) is 13.2 Å². The number of halogens is 1. The lowest BCUT2D eigenvalue weighted by molar-refractivity contribution is -0.141. The van der Waals surface area contributed by atoms with Crippen LogP contribution in [0, 0.1) is 0 Å². The smallest absolute Gasteiger partial charge is 0.307 e. The molecule has 0 saturated carbocycles. The standard InChI is InChI=1S/C12H16BrNO4S/c1-3-10(8-12(15)18-2)14-19(16,17)11-6-4-9(13)5-7-11/h4-7,10,14H,3,8H2,1-2H3. The first kappa shape index (κ1) is 16.1. The Labute approximate surface area is 121 Å². The number of sulfonamides is 1. The summed E-state index contributed by atoms with van der Waals surface area (Å²) in [6, 6.07) is 5.82. The highest BCUT2D eigenvalue weighted by Crippen LogP contribution is 2.15. The lowest BCUT2D eigenvalue weighted by Crippen LogP contribution is -2.36. The van der Waals surface area contributed by atoms with Gasteiger partial charge in [-0.05, 0) is 30.7 Å². The maximum Gasteiger partial charge on any atom is 0.307 e. The van der Waals surface area contributed by atoms with Crippen LogP contribution in [0.2, 0.25) is 0 Å². The van der Waals surface area contributed by atoms with Crippen molar-refractivity contribution in [1.82, 2.24) is 4.72 Å². The maximum absolute atomic E-state index is 12.1. The van der Waals surface area contributed by atoms with Gasteiger partial charge in [0.1, 0.15) is 0 Å². The van der Waals surface area contributed by atoms with Gasteiger partial charge in [0.25, 0.3) is 0 Å². The number of nitrogens with one attached hydrogen (secondary N) is 1. The van der Waals surface area contributed by atoms with Crippen molar-refractivity contribution in [1.29, 1.82) is 0 Å². The van der Waals surface area contributed by atoms with E-state index in [-0.39, 0.29) is 11.3 Å². The molecule has 0 heterocycles. The number of carbonyl (C=O) groups excluding carboxylic acids is 1. The summed E-state index contributed by atoms with van der Waals surface area (Å²) in [7, 11) is -2.34. The Hall–Kier alpha value is -0.920. The van der Waals surface area contributed by atoms with Crippen LogP contribution in [-0.2, 0) is 19.6 Å². The van der Waals surface area contributed by atoms with E-state index in [4.69, 9.17) is 0 Å². The molecule has 1 aromatic carbocycles. The fourth-order valence-electron chi connectivity index (χ4n) is 1.46. The maximum atomic E-state index is 12.1. The summed E-state index contributed by atoms with van der Waals surface area (Å²) in [5, 5.41) is 0. The van der Waals surface area contributed by atoms with Gasteiger partial charge in [0, 0.05) is 10.5 Å². The van der Waals surface area contributed by atoms with Crippen molar-refractivity contribution < 1.29 is 17.9 Å². The van der Waals surface area contributed by atoms with Crippen LogP contribution in [0.5, 0.6) is 0 Å². The first-order valence-corrected chi connectivity index (χ1v) is 8.01. The van der Waals surface area contributed by atoms with Crippen molar-refractivity contribution >= 4 is 31.9 Å². The van der Waals surface area contributed by atoms with Crippen molar-refractivity contribution in [2.75, 3.05) is 7.11 Å². The molecule has 1 N–H and O–H groups in total. The van der Waals surface area contributed by atoms with Crippen molar-refractivity contribution in [2.45, 2.75) is 30.7 Å². The molecule has 1 atom stereocenters. The second-order valence-corrected chi connectivity index (χ2v) is 6.59. The van der Waals surface area contributed by atoms with Crippen LogP contribution >= 0.6 is 15.9 Å². The van der Waals surface area contributed by atoms with E-state index in [0.29, 0.717) is 6.42 Å². The van der Waals surface area contributed by atoms with E-state index < -0.39 is 22.0 Å². The fraction of sp³-hybridized carbons (Fsp3) is 0.417. The molecule has 0 fully saturated rings. The molecule has 0 bridgehead atoms. The van der Waals surface area contributed by atoms with E-state index in [1.54, 1.807) is 19.1 Å². The second-order valence-electron chi connectivity index (χ2n) is 3.96. The van der Waals surface area contributed by atoms with Gasteiger partial charge < -0.3 is 4.74 Å². The van der Waals surface area contributed by atoms with Crippen molar-refractivity contribution in [3.63, 3.8) is 0 Å². The van der Waals surface area contributed by atoms with Crippen LogP contribution < -0.4 is 4.72 Å². The lowest BCUT2D eigenvalue weighted by atomic mass is 10.2. The Morgan fingerprint density at radius 3 is 2.42 bits per heavy atom. The van der Waals surface area contributed by atoms with Crippen molar-refractivity contribution in [3.8, 4) is 0 Å². The molecule has 0 spiro atoms. The molecule has 0 aliphatic rings. The third-order valence-electron chi connectivity index (χ3n) is 2.58. The number of hydrogen-bond donors (Lipinski definition) is 1. The van der Waals surface area contributed by atoms with Crippen molar-refractivity contribution in [3.05, 3.63) is 28.7 Å². The van der Waals surface area contributed by atoms with Gasteiger partial charge in [-0.15, -0.1) is 0 Å². The second kappa shape index (κ2) is 7.02. The van der Waals surface area contributed by atoms with Crippen LogP contribution in [0.1, 0.15) is 19.8 Å². The molecule has 0 aromatic heterocycles. The third-order valence-corrected chi connectivity index (χ3v) is 4.64. The molecule has 1 rings (SSSR count). The summed E-state index contributed by atoms with van der Waals surface area (Å²) in [5.74, 6) is -0.439. The Morgan fingerprint density at radius 2 is 1.95 bits per heavy atom. The first-order valence-electron chi connectivity index (χ1n) is 5.73. The topological polar surface area (TPSA) is 72.5 Å². The van der Waals surface area contributed by atoms with E-state index in [0.717, 1.165) is 4.47 Å². The summed E-state index contributed by atoms with van der Waals surface area (Å²) in [6.07, 6.45) is 0.521. The van der Waals surface area contributed by atoms with E-state index in [1.165, 1.54) is 19.2 Å². The quantitative estimate of drug-likeness (QED) is 0.798. The molecule has 1 aromatic rings. The number of methoxy groups -OCH3 is 1. The number of benzene rings is 1. The summed E-state index contributed by atoms with van der Waals surface area (Å²) in [5.41, 5.74) is 0. The molecule has 5 nitrogen and oxygen atoms in total. The lowest BCUT2D eigenvalue weighted by Gasteiger charge is -2.15. The number of rotatable bonds is 6. The summed E-state index contributed by atoms with van der Waals surface area (Å²) >= 11 is 3.24. The monoisotopic (exact) mass is 349 g/mol. The average Bonchev–Trinajstić information content (AvgIpc) is 2.38. The zero-order valence-electron chi connectivity index (χ0n) is 10.7. The van der Waals surface area contributed by atoms with E-state index in [1.807, 2.05) is 0 Å². The SMILES string of the molecule is CCC(CC(=O)OC)NS(=O)(=O)c1ccc(Br)cc1. The van der Waals surface area contributed by atoms with Gasteiger partial charge >= 0.3 is 5.97 Å². The highest BCUT2D eigenvalue weighted by Gasteiger charge is 2.21. The molecule has 0 saturated heterocycles. The summed E-state index contributed by atoms with van der Waals surface area (Å²) in [4.78, 5) is 11.4. The van der Waals surface area contributed by atoms with Gasteiger partial charge in [0.15, 0.2) is 0 Å². The highest BCUT2D eigenvalue weighted by atomic mass is 79.9. The normalized spacial score (nSPS) is 13.0. The molecule has 0 aliphatic heterocycles. The van der Waals surface area contributed by atoms with Crippen LogP contribution in [-0.4, -0.2) is 27.5 Å². The van der Waals surface area contributed by atoms with Gasteiger partial charge in [0.05, 0.1) is 18.4 Å². The fourth-order valence-corrected chi connectivity index (χ4v) is 3.04. The Bertz CT molecular complexity index is 527. The van der Waals surface area contributed by atoms with Crippen LogP contribution in [0.25, 0.3) is 0 Å². The van der Waals surface area contributed by atoms with Gasteiger partial charge in [0.2, 0.25) is 10.0 Å².